The van der Waals surface area contributed by atoms with Crippen molar-refractivity contribution in [1.82, 2.24) is 5.32 Å². The number of thioether (sulfide) groups is 1. The maximum Gasteiger partial charge on any atom is 0.222 e. The summed E-state index contributed by atoms with van der Waals surface area (Å²) in [7, 11) is 0. The molecule has 0 fully saturated rings. The van der Waals surface area contributed by atoms with Crippen molar-refractivity contribution in [3.05, 3.63) is 30.3 Å². The molecule has 1 amide bonds. The third kappa shape index (κ3) is 4.05. The molecule has 1 rings (SSSR count). The Morgan fingerprint density at radius 1 is 1.38 bits per heavy atom. The number of nitrogens with one attached hydrogen (secondary N) is 1. The number of benzene rings is 1. The maximum atomic E-state index is 10.6. The highest BCUT2D eigenvalue weighted by atomic mass is 32.2. The first kappa shape index (κ1) is 10.2. The Morgan fingerprint density at radius 3 is 2.54 bits per heavy atom. The number of carbonyl (C=O) groups excluding carboxylic acids is 1. The largest absolute Gasteiger partial charge is 0.312 e. The summed E-state index contributed by atoms with van der Waals surface area (Å²) in [6, 6.07) is 9.68. The molecule has 0 atom stereocenters. The van der Waals surface area contributed by atoms with Crippen LogP contribution in [0, 0.1) is 0 Å². The minimum absolute atomic E-state index is 0.131. The second kappa shape index (κ2) is 4.99. The summed E-state index contributed by atoms with van der Waals surface area (Å²) in [5, 5.41) is 2.55. The Bertz CT molecular complexity index is 311. The quantitative estimate of drug-likeness (QED) is 0.570. The summed E-state index contributed by atoms with van der Waals surface area (Å²) >= 11 is 6.31. The topological polar surface area (TPSA) is 29.1 Å². The summed E-state index contributed by atoms with van der Waals surface area (Å²) in [6.07, 6.45) is 0. The van der Waals surface area contributed by atoms with Crippen molar-refractivity contribution in [1.29, 1.82) is 0 Å². The van der Waals surface area contributed by atoms with Crippen molar-refractivity contribution >= 4 is 34.2 Å². The molecule has 0 saturated carbocycles. The summed E-state index contributed by atoms with van der Waals surface area (Å²) < 4.78 is 0.485. The van der Waals surface area contributed by atoms with E-state index in [4.69, 9.17) is 12.2 Å². The molecule has 1 aromatic rings. The van der Waals surface area contributed by atoms with E-state index in [-0.39, 0.29) is 5.91 Å². The molecule has 0 aliphatic rings. The van der Waals surface area contributed by atoms with Crippen LogP contribution in [0.4, 0.5) is 0 Å². The van der Waals surface area contributed by atoms with Crippen molar-refractivity contribution in [2.24, 2.45) is 0 Å². The summed E-state index contributed by atoms with van der Waals surface area (Å²) in [5.74, 6) is -0.131. The van der Waals surface area contributed by atoms with Crippen LogP contribution in [0.2, 0.25) is 0 Å². The molecule has 0 saturated heterocycles. The normalized spacial score (nSPS) is 9.31. The molecular weight excluding hydrogens is 202 g/mol. The van der Waals surface area contributed by atoms with Gasteiger partial charge in [0.2, 0.25) is 5.91 Å². The van der Waals surface area contributed by atoms with E-state index in [0.717, 1.165) is 4.90 Å². The van der Waals surface area contributed by atoms with Crippen molar-refractivity contribution in [2.45, 2.75) is 11.8 Å². The molecule has 0 heterocycles. The van der Waals surface area contributed by atoms with Gasteiger partial charge in [-0.25, -0.2) is 0 Å². The van der Waals surface area contributed by atoms with E-state index in [0.29, 0.717) is 4.32 Å². The van der Waals surface area contributed by atoms with Crippen LogP contribution < -0.4 is 5.32 Å². The molecule has 4 heteroatoms. The Kier molecular flexibility index (Phi) is 3.92. The van der Waals surface area contributed by atoms with Crippen LogP contribution in [0.25, 0.3) is 0 Å². The fraction of sp³-hybridized carbons (Fsp3) is 0.111. The molecular formula is C9H9NOS2. The van der Waals surface area contributed by atoms with Crippen molar-refractivity contribution in [2.75, 3.05) is 0 Å². The SMILES string of the molecule is CC(=O)NC(=S)Sc1ccccc1. The fourth-order valence-electron chi connectivity index (χ4n) is 0.765. The zero-order chi connectivity index (χ0) is 9.68. The highest BCUT2D eigenvalue weighted by Crippen LogP contribution is 2.17. The standard InChI is InChI=1S/C9H9NOS2/c1-7(11)10-9(12)13-8-5-3-2-4-6-8/h2-6H,1H3,(H,10,11,12). The van der Waals surface area contributed by atoms with Gasteiger partial charge < -0.3 is 5.32 Å². The van der Waals surface area contributed by atoms with Gasteiger partial charge in [-0.05, 0) is 12.1 Å². The van der Waals surface area contributed by atoms with Gasteiger partial charge in [-0.1, -0.05) is 42.2 Å². The van der Waals surface area contributed by atoms with E-state index in [1.54, 1.807) is 0 Å². The second-order valence-corrected chi connectivity index (χ2v) is 4.13. The molecule has 0 bridgehead atoms. The molecule has 0 aliphatic heterocycles. The van der Waals surface area contributed by atoms with Crippen molar-refractivity contribution in [3.63, 3.8) is 0 Å². The lowest BCUT2D eigenvalue weighted by Gasteiger charge is -2.02. The van der Waals surface area contributed by atoms with E-state index in [1.807, 2.05) is 30.3 Å². The van der Waals surface area contributed by atoms with Gasteiger partial charge in [-0.3, -0.25) is 4.79 Å². The van der Waals surface area contributed by atoms with Crippen molar-refractivity contribution in [3.8, 4) is 0 Å². The zero-order valence-electron chi connectivity index (χ0n) is 7.11. The van der Waals surface area contributed by atoms with Gasteiger partial charge in [-0.15, -0.1) is 0 Å². The van der Waals surface area contributed by atoms with Crippen LogP contribution in [-0.2, 0) is 4.79 Å². The van der Waals surface area contributed by atoms with Gasteiger partial charge in [0, 0.05) is 11.8 Å². The molecule has 0 spiro atoms. The average Bonchev–Trinajstić information content (AvgIpc) is 2.04. The van der Waals surface area contributed by atoms with E-state index in [9.17, 15) is 4.79 Å². The van der Waals surface area contributed by atoms with Crippen LogP contribution in [0.15, 0.2) is 35.2 Å². The smallest absolute Gasteiger partial charge is 0.222 e. The van der Waals surface area contributed by atoms with Crippen LogP contribution in [0.5, 0.6) is 0 Å². The van der Waals surface area contributed by atoms with Crippen LogP contribution >= 0.6 is 24.0 Å². The summed E-state index contributed by atoms with van der Waals surface area (Å²) in [4.78, 5) is 11.7. The third-order valence-electron chi connectivity index (χ3n) is 1.23. The van der Waals surface area contributed by atoms with E-state index in [2.05, 4.69) is 5.32 Å². The molecule has 68 valence electrons. The Morgan fingerprint density at radius 2 is 2.00 bits per heavy atom. The monoisotopic (exact) mass is 211 g/mol. The van der Waals surface area contributed by atoms with Gasteiger partial charge in [0.1, 0.15) is 4.32 Å². The molecule has 13 heavy (non-hydrogen) atoms. The number of hydrogen-bond donors (Lipinski definition) is 1. The number of rotatable bonds is 1. The van der Waals surface area contributed by atoms with Crippen LogP contribution in [0.3, 0.4) is 0 Å². The third-order valence-corrected chi connectivity index (χ3v) is 2.38. The minimum Gasteiger partial charge on any atom is -0.312 e. The summed E-state index contributed by atoms with van der Waals surface area (Å²) in [5.41, 5.74) is 0. The van der Waals surface area contributed by atoms with Gasteiger partial charge >= 0.3 is 0 Å². The summed E-state index contributed by atoms with van der Waals surface area (Å²) in [6.45, 7) is 1.44. The number of hydrogen-bond acceptors (Lipinski definition) is 3. The lowest BCUT2D eigenvalue weighted by Crippen LogP contribution is -2.23. The first-order chi connectivity index (χ1) is 6.18. The van der Waals surface area contributed by atoms with E-state index in [1.165, 1.54) is 18.7 Å². The molecule has 0 aliphatic carbocycles. The van der Waals surface area contributed by atoms with E-state index < -0.39 is 0 Å². The van der Waals surface area contributed by atoms with Crippen LogP contribution in [-0.4, -0.2) is 10.2 Å². The zero-order valence-corrected chi connectivity index (χ0v) is 8.74. The Labute approximate surface area is 86.7 Å². The Hall–Kier alpha value is -0.870. The van der Waals surface area contributed by atoms with Crippen LogP contribution in [0.1, 0.15) is 6.92 Å². The first-order valence-electron chi connectivity index (χ1n) is 3.73. The first-order valence-corrected chi connectivity index (χ1v) is 4.95. The molecule has 0 aromatic heterocycles. The second-order valence-electron chi connectivity index (χ2n) is 2.38. The number of thiocarbonyl (C=S) groups is 1. The maximum absolute atomic E-state index is 10.6. The Balaban J connectivity index is 2.50. The lowest BCUT2D eigenvalue weighted by molar-refractivity contribution is -0.117. The van der Waals surface area contributed by atoms with Gasteiger partial charge in [0.25, 0.3) is 0 Å². The van der Waals surface area contributed by atoms with Gasteiger partial charge in [0.15, 0.2) is 0 Å². The predicted molar refractivity (Wildman–Crippen MR) is 58.7 cm³/mol. The molecule has 0 radical (unpaired) electrons. The highest BCUT2D eigenvalue weighted by Gasteiger charge is 2.00. The number of amides is 1. The van der Waals surface area contributed by atoms with E-state index >= 15 is 0 Å². The highest BCUT2D eigenvalue weighted by molar-refractivity contribution is 8.23. The lowest BCUT2D eigenvalue weighted by atomic mass is 10.4. The minimum atomic E-state index is -0.131. The van der Waals surface area contributed by atoms with Gasteiger partial charge in [-0.2, -0.15) is 0 Å². The molecule has 2 nitrogen and oxygen atoms in total. The predicted octanol–water partition coefficient (Wildman–Crippen LogP) is 2.20. The van der Waals surface area contributed by atoms with Gasteiger partial charge in [0.05, 0.1) is 0 Å². The molecule has 1 aromatic carbocycles. The average molecular weight is 211 g/mol. The number of carbonyl (C=O) groups is 1. The molecule has 0 unspecified atom stereocenters. The fourth-order valence-corrected chi connectivity index (χ4v) is 1.90. The molecule has 1 N–H and O–H groups in total. The van der Waals surface area contributed by atoms with Crippen molar-refractivity contribution < 1.29 is 4.79 Å².